The van der Waals surface area contributed by atoms with Gasteiger partial charge in [-0.05, 0) is 26.0 Å². The summed E-state index contributed by atoms with van der Waals surface area (Å²) < 4.78 is 15.8. The second-order valence-electron chi connectivity index (χ2n) is 4.07. The van der Waals surface area contributed by atoms with Crippen molar-refractivity contribution in [2.24, 2.45) is 0 Å². The standard InChI is InChI=1S/C14H23NO4/c1-3-17-10-7-15(8-11-18-4-2)12-13(16)14-6-5-9-19-14/h5-6,9H,3-4,7-8,10-12H2,1-2H3. The lowest BCUT2D eigenvalue weighted by Gasteiger charge is -2.20. The average Bonchev–Trinajstić information content (AvgIpc) is 2.93. The highest BCUT2D eigenvalue weighted by molar-refractivity contribution is 5.94. The van der Waals surface area contributed by atoms with Gasteiger partial charge in [0.05, 0.1) is 26.0 Å². The molecule has 0 spiro atoms. The van der Waals surface area contributed by atoms with Gasteiger partial charge in [-0.2, -0.15) is 0 Å². The van der Waals surface area contributed by atoms with Crippen LogP contribution in [0.3, 0.4) is 0 Å². The molecule has 1 heterocycles. The molecule has 0 aliphatic carbocycles. The molecule has 19 heavy (non-hydrogen) atoms. The van der Waals surface area contributed by atoms with Crippen LogP contribution in [0.15, 0.2) is 22.8 Å². The molecule has 0 amide bonds. The Morgan fingerprint density at radius 2 is 1.84 bits per heavy atom. The maximum atomic E-state index is 12.0. The smallest absolute Gasteiger partial charge is 0.211 e. The van der Waals surface area contributed by atoms with Crippen LogP contribution in [0.4, 0.5) is 0 Å². The van der Waals surface area contributed by atoms with Crippen LogP contribution in [0, 0.1) is 0 Å². The van der Waals surface area contributed by atoms with E-state index in [0.717, 1.165) is 0 Å². The van der Waals surface area contributed by atoms with Gasteiger partial charge in [0, 0.05) is 26.3 Å². The van der Waals surface area contributed by atoms with Gasteiger partial charge >= 0.3 is 0 Å². The van der Waals surface area contributed by atoms with Crippen LogP contribution in [-0.2, 0) is 9.47 Å². The Morgan fingerprint density at radius 3 is 2.32 bits per heavy atom. The van der Waals surface area contributed by atoms with Crippen molar-refractivity contribution < 1.29 is 18.7 Å². The topological polar surface area (TPSA) is 51.9 Å². The van der Waals surface area contributed by atoms with Gasteiger partial charge in [0.25, 0.3) is 0 Å². The summed E-state index contributed by atoms with van der Waals surface area (Å²) in [7, 11) is 0. The Bertz CT molecular complexity index is 327. The van der Waals surface area contributed by atoms with Gasteiger partial charge in [-0.25, -0.2) is 0 Å². The first kappa shape index (κ1) is 15.9. The van der Waals surface area contributed by atoms with Gasteiger partial charge in [0.15, 0.2) is 5.76 Å². The summed E-state index contributed by atoms with van der Waals surface area (Å²) in [5.41, 5.74) is 0. The third-order valence-electron chi connectivity index (χ3n) is 2.68. The highest BCUT2D eigenvalue weighted by Gasteiger charge is 2.14. The van der Waals surface area contributed by atoms with Crippen molar-refractivity contribution in [3.63, 3.8) is 0 Å². The van der Waals surface area contributed by atoms with Gasteiger partial charge in [-0.1, -0.05) is 0 Å². The third kappa shape index (κ3) is 6.52. The molecule has 0 aromatic carbocycles. The van der Waals surface area contributed by atoms with Gasteiger partial charge in [0.2, 0.25) is 5.78 Å². The van der Waals surface area contributed by atoms with Gasteiger partial charge in [-0.3, -0.25) is 9.69 Å². The van der Waals surface area contributed by atoms with Gasteiger partial charge in [-0.15, -0.1) is 0 Å². The molecule has 0 saturated heterocycles. The zero-order valence-electron chi connectivity index (χ0n) is 11.8. The fraction of sp³-hybridized carbons (Fsp3) is 0.643. The molecule has 0 N–H and O–H groups in total. The van der Waals surface area contributed by atoms with Crippen LogP contribution < -0.4 is 0 Å². The second-order valence-corrected chi connectivity index (χ2v) is 4.07. The number of Topliss-reactive ketones (excluding diaryl/α,β-unsaturated/α-hetero) is 1. The van der Waals surface area contributed by atoms with Crippen molar-refractivity contribution in [3.05, 3.63) is 24.2 Å². The van der Waals surface area contributed by atoms with Crippen LogP contribution >= 0.6 is 0 Å². The fourth-order valence-electron chi connectivity index (χ4n) is 1.66. The Hall–Kier alpha value is -1.17. The number of rotatable bonds is 11. The van der Waals surface area contributed by atoms with Crippen molar-refractivity contribution in [1.82, 2.24) is 4.90 Å². The minimum atomic E-state index is -0.0157. The molecule has 0 bridgehead atoms. The van der Waals surface area contributed by atoms with E-state index in [1.807, 2.05) is 18.7 Å². The second kappa shape index (κ2) is 9.72. The Morgan fingerprint density at radius 1 is 1.21 bits per heavy atom. The summed E-state index contributed by atoms with van der Waals surface area (Å²) in [4.78, 5) is 14.0. The number of hydrogen-bond donors (Lipinski definition) is 0. The predicted octanol–water partition coefficient (Wildman–Crippen LogP) is 1.84. The minimum absolute atomic E-state index is 0.0157. The molecule has 1 aromatic rings. The van der Waals surface area contributed by atoms with E-state index >= 15 is 0 Å². The van der Waals surface area contributed by atoms with Gasteiger partial charge in [0.1, 0.15) is 0 Å². The zero-order chi connectivity index (χ0) is 13.9. The summed E-state index contributed by atoms with van der Waals surface area (Å²) in [6.07, 6.45) is 1.51. The lowest BCUT2D eigenvalue weighted by molar-refractivity contribution is 0.0710. The summed E-state index contributed by atoms with van der Waals surface area (Å²) in [6, 6.07) is 3.41. The molecule has 0 unspecified atom stereocenters. The molecule has 0 saturated carbocycles. The first-order chi connectivity index (χ1) is 9.27. The Kier molecular flexibility index (Phi) is 8.13. The van der Waals surface area contributed by atoms with Crippen molar-refractivity contribution in [2.75, 3.05) is 46.1 Å². The molecule has 0 radical (unpaired) electrons. The van der Waals surface area contributed by atoms with Crippen molar-refractivity contribution in [3.8, 4) is 0 Å². The van der Waals surface area contributed by atoms with E-state index in [0.29, 0.717) is 51.8 Å². The van der Waals surface area contributed by atoms with E-state index in [-0.39, 0.29) is 5.78 Å². The Labute approximate surface area is 114 Å². The number of furan rings is 1. The van der Waals surface area contributed by atoms with Crippen molar-refractivity contribution in [1.29, 1.82) is 0 Å². The molecule has 1 rings (SSSR count). The predicted molar refractivity (Wildman–Crippen MR) is 72.5 cm³/mol. The number of nitrogens with zero attached hydrogens (tertiary/aromatic N) is 1. The largest absolute Gasteiger partial charge is 0.461 e. The molecule has 108 valence electrons. The van der Waals surface area contributed by atoms with Crippen LogP contribution in [0.25, 0.3) is 0 Å². The van der Waals surface area contributed by atoms with Crippen LogP contribution in [-0.4, -0.2) is 56.7 Å². The fourth-order valence-corrected chi connectivity index (χ4v) is 1.66. The van der Waals surface area contributed by atoms with E-state index in [2.05, 4.69) is 0 Å². The van der Waals surface area contributed by atoms with E-state index in [4.69, 9.17) is 13.9 Å². The molecule has 0 aliphatic rings. The lowest BCUT2D eigenvalue weighted by atomic mass is 10.3. The van der Waals surface area contributed by atoms with Crippen LogP contribution in [0.1, 0.15) is 24.4 Å². The number of hydrogen-bond acceptors (Lipinski definition) is 5. The summed E-state index contributed by atoms with van der Waals surface area (Å²) in [5, 5.41) is 0. The SMILES string of the molecule is CCOCCN(CCOCC)CC(=O)c1ccco1. The minimum Gasteiger partial charge on any atom is -0.461 e. The molecular weight excluding hydrogens is 246 g/mol. The van der Waals surface area contributed by atoms with E-state index in [1.54, 1.807) is 12.1 Å². The van der Waals surface area contributed by atoms with Crippen LogP contribution in [0.5, 0.6) is 0 Å². The van der Waals surface area contributed by atoms with Crippen LogP contribution in [0.2, 0.25) is 0 Å². The molecule has 1 aromatic heterocycles. The summed E-state index contributed by atoms with van der Waals surface area (Å²) in [5.74, 6) is 0.385. The first-order valence-corrected chi connectivity index (χ1v) is 6.72. The van der Waals surface area contributed by atoms with Gasteiger partial charge < -0.3 is 13.9 Å². The van der Waals surface area contributed by atoms with Crippen molar-refractivity contribution in [2.45, 2.75) is 13.8 Å². The molecule has 5 nitrogen and oxygen atoms in total. The molecule has 0 aliphatic heterocycles. The molecule has 0 atom stereocenters. The van der Waals surface area contributed by atoms with E-state index in [1.165, 1.54) is 6.26 Å². The van der Waals surface area contributed by atoms with E-state index < -0.39 is 0 Å². The number of carbonyl (C=O) groups is 1. The normalized spacial score (nSPS) is 11.1. The molecule has 0 fully saturated rings. The molecular formula is C14H23NO4. The lowest BCUT2D eigenvalue weighted by Crippen LogP contribution is -2.35. The third-order valence-corrected chi connectivity index (χ3v) is 2.68. The highest BCUT2D eigenvalue weighted by Crippen LogP contribution is 2.03. The maximum Gasteiger partial charge on any atom is 0.211 e. The quantitative estimate of drug-likeness (QED) is 0.453. The highest BCUT2D eigenvalue weighted by atomic mass is 16.5. The molecule has 5 heteroatoms. The van der Waals surface area contributed by atoms with E-state index in [9.17, 15) is 4.79 Å². The van der Waals surface area contributed by atoms with Crippen molar-refractivity contribution >= 4 is 5.78 Å². The number of ketones is 1. The zero-order valence-corrected chi connectivity index (χ0v) is 11.8. The number of ether oxygens (including phenoxy) is 2. The summed E-state index contributed by atoms with van der Waals surface area (Å²) in [6.45, 7) is 8.28. The first-order valence-electron chi connectivity index (χ1n) is 6.72. The maximum absolute atomic E-state index is 12.0. The Balaban J connectivity index is 2.40. The average molecular weight is 269 g/mol. The summed E-state index contributed by atoms with van der Waals surface area (Å²) >= 11 is 0. The number of carbonyl (C=O) groups excluding carboxylic acids is 1. The monoisotopic (exact) mass is 269 g/mol.